The minimum Gasteiger partial charge on any atom is -0.427 e. The van der Waals surface area contributed by atoms with Crippen LogP contribution in [0.4, 0.5) is 32.2 Å². The Balaban J connectivity index is 2.16. The van der Waals surface area contributed by atoms with Gasteiger partial charge in [-0.15, -0.1) is 13.2 Å². The van der Waals surface area contributed by atoms with Crippen LogP contribution in [-0.2, 0) is 4.74 Å². The summed E-state index contributed by atoms with van der Waals surface area (Å²) < 4.78 is 82.0. The fourth-order valence-corrected chi connectivity index (χ4v) is 1.56. The topological polar surface area (TPSA) is 92.3 Å². The van der Waals surface area contributed by atoms with Crippen molar-refractivity contribution < 1.29 is 35.8 Å². The zero-order chi connectivity index (χ0) is 18.8. The summed E-state index contributed by atoms with van der Waals surface area (Å²) in [5, 5.41) is 0. The van der Waals surface area contributed by atoms with Crippen LogP contribution >= 0.6 is 0 Å². The number of nitrogen functional groups attached to an aromatic ring is 1. The molecule has 0 spiro atoms. The van der Waals surface area contributed by atoms with Crippen molar-refractivity contribution in [3.05, 3.63) is 41.1 Å². The lowest BCUT2D eigenvalue weighted by Crippen LogP contribution is -2.41. The molecule has 0 aliphatic rings. The predicted octanol–water partition coefficient (Wildman–Crippen LogP) is 2.01. The summed E-state index contributed by atoms with van der Waals surface area (Å²) in [6, 6.07) is 3.12. The number of anilines is 1. The quantitative estimate of drug-likeness (QED) is 0.810. The highest BCUT2D eigenvalue weighted by atomic mass is 19.4. The number of rotatable bonds is 5. The van der Waals surface area contributed by atoms with Gasteiger partial charge in [-0.1, -0.05) is 0 Å². The molecule has 1 unspecified atom stereocenters. The van der Waals surface area contributed by atoms with Gasteiger partial charge in [-0.25, -0.2) is 18.9 Å². The minimum atomic E-state index is -5.61. The van der Waals surface area contributed by atoms with Crippen LogP contribution in [0.1, 0.15) is 0 Å². The minimum absolute atomic E-state index is 0.0560. The summed E-state index contributed by atoms with van der Waals surface area (Å²) >= 11 is 0. The summed E-state index contributed by atoms with van der Waals surface area (Å²) in [5.74, 6) is -0.894. The lowest BCUT2D eigenvalue weighted by molar-refractivity contribution is -0.411. The van der Waals surface area contributed by atoms with E-state index in [2.05, 4.69) is 19.4 Å². The third-order valence-corrected chi connectivity index (χ3v) is 2.55. The molecule has 136 valence electrons. The molecule has 0 fully saturated rings. The van der Waals surface area contributed by atoms with Crippen molar-refractivity contribution in [1.82, 2.24) is 14.5 Å². The second-order valence-electron chi connectivity index (χ2n) is 4.40. The summed E-state index contributed by atoms with van der Waals surface area (Å²) in [5.41, 5.74) is 4.48. The highest BCUT2D eigenvalue weighted by molar-refractivity contribution is 5.31. The molecule has 7 nitrogen and oxygen atoms in total. The molecule has 0 bridgehead atoms. The van der Waals surface area contributed by atoms with Gasteiger partial charge in [0.25, 0.3) is 0 Å². The Morgan fingerprint density at radius 1 is 1.16 bits per heavy atom. The standard InChI is InChI=1S/C12H8F6N4O3/c13-9(25-12(16,17)18)11(14,15)24-6-1-2-8(20-5-6)22-4-3-7(19)21-10(22)23/h1-5,9H,(H2,19,21,23). The number of aromatic nitrogens is 3. The van der Waals surface area contributed by atoms with Crippen LogP contribution in [0.5, 0.6) is 5.75 Å². The number of halogens is 6. The van der Waals surface area contributed by atoms with Crippen LogP contribution in [0.3, 0.4) is 0 Å². The molecule has 0 aromatic carbocycles. The third-order valence-electron chi connectivity index (χ3n) is 2.55. The average Bonchev–Trinajstić information content (AvgIpc) is 2.46. The van der Waals surface area contributed by atoms with Gasteiger partial charge in [0.2, 0.25) is 0 Å². The van der Waals surface area contributed by atoms with Gasteiger partial charge >= 0.3 is 24.5 Å². The molecule has 1 atom stereocenters. The molecule has 0 radical (unpaired) electrons. The summed E-state index contributed by atoms with van der Waals surface area (Å²) in [6.07, 6.45) is -12.8. The van der Waals surface area contributed by atoms with Crippen molar-refractivity contribution in [3.8, 4) is 11.6 Å². The molecule has 0 aliphatic carbocycles. The van der Waals surface area contributed by atoms with E-state index in [4.69, 9.17) is 5.73 Å². The molecule has 2 heterocycles. The molecule has 2 rings (SSSR count). The van der Waals surface area contributed by atoms with Crippen molar-refractivity contribution in [2.24, 2.45) is 0 Å². The molecule has 13 heteroatoms. The van der Waals surface area contributed by atoms with Crippen LogP contribution in [0, 0.1) is 0 Å². The summed E-state index contributed by atoms with van der Waals surface area (Å²) in [6.45, 7) is 0. The molecule has 2 N–H and O–H groups in total. The highest BCUT2D eigenvalue weighted by Gasteiger charge is 2.50. The number of alkyl halides is 6. The Kier molecular flexibility index (Phi) is 4.87. The molecule has 25 heavy (non-hydrogen) atoms. The van der Waals surface area contributed by atoms with E-state index >= 15 is 0 Å². The maximum absolute atomic E-state index is 13.2. The Labute approximate surface area is 134 Å². The SMILES string of the molecule is Nc1ccn(-c2ccc(OC(F)(F)C(F)OC(F)(F)F)cn2)c(=O)n1. The lowest BCUT2D eigenvalue weighted by atomic mass is 10.4. The van der Waals surface area contributed by atoms with Crippen LogP contribution in [0.15, 0.2) is 35.4 Å². The monoisotopic (exact) mass is 370 g/mol. The Hall–Kier alpha value is -2.83. The molecular weight excluding hydrogens is 362 g/mol. The van der Waals surface area contributed by atoms with Crippen LogP contribution < -0.4 is 16.2 Å². The van der Waals surface area contributed by atoms with Gasteiger partial charge in [-0.3, -0.25) is 4.57 Å². The second-order valence-corrected chi connectivity index (χ2v) is 4.40. The van der Waals surface area contributed by atoms with E-state index in [1.165, 1.54) is 12.3 Å². The van der Waals surface area contributed by atoms with E-state index in [0.717, 1.165) is 16.7 Å². The molecule has 0 amide bonds. The van der Waals surface area contributed by atoms with Gasteiger partial charge in [0.1, 0.15) is 17.4 Å². The van der Waals surface area contributed by atoms with Crippen LogP contribution in [0.2, 0.25) is 0 Å². The zero-order valence-corrected chi connectivity index (χ0v) is 11.9. The number of hydrogen-bond acceptors (Lipinski definition) is 6. The average molecular weight is 370 g/mol. The van der Waals surface area contributed by atoms with Crippen molar-refractivity contribution in [2.75, 3.05) is 5.73 Å². The number of nitrogens with zero attached hydrogens (tertiary/aromatic N) is 3. The molecule has 2 aromatic rings. The van der Waals surface area contributed by atoms with E-state index in [9.17, 15) is 31.1 Å². The van der Waals surface area contributed by atoms with Gasteiger partial charge in [-0.05, 0) is 18.2 Å². The normalized spacial score (nSPS) is 13.5. The number of nitrogens with two attached hydrogens (primary N) is 1. The maximum atomic E-state index is 13.2. The highest BCUT2D eigenvalue weighted by Crippen LogP contribution is 2.31. The van der Waals surface area contributed by atoms with E-state index in [-0.39, 0.29) is 11.6 Å². The van der Waals surface area contributed by atoms with Gasteiger partial charge < -0.3 is 10.5 Å². The molecular formula is C12H8F6N4O3. The molecule has 2 aromatic heterocycles. The Morgan fingerprint density at radius 2 is 1.84 bits per heavy atom. The van der Waals surface area contributed by atoms with Gasteiger partial charge in [0, 0.05) is 6.20 Å². The van der Waals surface area contributed by atoms with E-state index in [1.54, 1.807) is 0 Å². The maximum Gasteiger partial charge on any atom is 0.525 e. The van der Waals surface area contributed by atoms with Crippen molar-refractivity contribution >= 4 is 5.82 Å². The van der Waals surface area contributed by atoms with Gasteiger partial charge in [0.05, 0.1) is 6.20 Å². The van der Waals surface area contributed by atoms with E-state index in [1.807, 2.05) is 0 Å². The van der Waals surface area contributed by atoms with Gasteiger partial charge in [-0.2, -0.15) is 13.8 Å². The first-order valence-electron chi connectivity index (χ1n) is 6.25. The van der Waals surface area contributed by atoms with Crippen LogP contribution in [-0.4, -0.2) is 33.4 Å². The lowest BCUT2D eigenvalue weighted by Gasteiger charge is -2.22. The number of hydrogen-bond donors (Lipinski definition) is 1. The van der Waals surface area contributed by atoms with Crippen molar-refractivity contribution in [2.45, 2.75) is 18.8 Å². The fourth-order valence-electron chi connectivity index (χ4n) is 1.56. The van der Waals surface area contributed by atoms with Gasteiger partial charge in [0.15, 0.2) is 0 Å². The van der Waals surface area contributed by atoms with E-state index < -0.39 is 30.3 Å². The molecule has 0 aliphatic heterocycles. The largest absolute Gasteiger partial charge is 0.525 e. The molecule has 0 saturated heterocycles. The first kappa shape index (κ1) is 18.5. The van der Waals surface area contributed by atoms with Crippen molar-refractivity contribution in [1.29, 1.82) is 0 Å². The zero-order valence-electron chi connectivity index (χ0n) is 11.9. The van der Waals surface area contributed by atoms with Crippen LogP contribution in [0.25, 0.3) is 5.82 Å². The Bertz CT molecular complexity index is 793. The van der Waals surface area contributed by atoms with E-state index in [0.29, 0.717) is 6.20 Å². The third kappa shape index (κ3) is 4.82. The number of pyridine rings is 1. The number of ether oxygens (including phenoxy) is 2. The first-order chi connectivity index (χ1) is 11.5. The van der Waals surface area contributed by atoms with Crippen molar-refractivity contribution in [3.63, 3.8) is 0 Å². The summed E-state index contributed by atoms with van der Waals surface area (Å²) in [7, 11) is 0. The fraction of sp³-hybridized carbons (Fsp3) is 0.250. The summed E-state index contributed by atoms with van der Waals surface area (Å²) in [4.78, 5) is 18.6. The second kappa shape index (κ2) is 6.58. The smallest absolute Gasteiger partial charge is 0.427 e. The predicted molar refractivity (Wildman–Crippen MR) is 69.7 cm³/mol. The Morgan fingerprint density at radius 3 is 2.36 bits per heavy atom. The first-order valence-corrected chi connectivity index (χ1v) is 6.25. The molecule has 0 saturated carbocycles.